The van der Waals surface area contributed by atoms with Gasteiger partial charge in [0.2, 0.25) is 0 Å². The molecule has 0 bridgehead atoms. The summed E-state index contributed by atoms with van der Waals surface area (Å²) in [6.45, 7) is 1.59. The number of nitrogens with two attached hydrogens (primary N) is 1. The van der Waals surface area contributed by atoms with E-state index in [2.05, 4.69) is 6.07 Å². The fourth-order valence-electron chi connectivity index (χ4n) is 3.22. The molecule has 1 aromatic carbocycles. The van der Waals surface area contributed by atoms with Crippen molar-refractivity contribution in [1.29, 1.82) is 5.26 Å². The molecular formula is C18H22ClN5O2. The van der Waals surface area contributed by atoms with Gasteiger partial charge < -0.3 is 10.6 Å². The molecule has 7 nitrogen and oxygen atoms in total. The van der Waals surface area contributed by atoms with Gasteiger partial charge in [-0.15, -0.1) is 12.4 Å². The Hall–Kier alpha value is -2.56. The quantitative estimate of drug-likeness (QED) is 0.856. The van der Waals surface area contributed by atoms with Gasteiger partial charge in [0.1, 0.15) is 5.82 Å². The molecule has 8 heteroatoms. The van der Waals surface area contributed by atoms with E-state index in [-0.39, 0.29) is 30.6 Å². The molecule has 0 spiro atoms. The first-order chi connectivity index (χ1) is 12.0. The van der Waals surface area contributed by atoms with E-state index in [1.165, 1.54) is 13.1 Å². The summed E-state index contributed by atoms with van der Waals surface area (Å²) < 4.78 is 2.64. The van der Waals surface area contributed by atoms with Gasteiger partial charge in [-0.1, -0.05) is 18.2 Å². The lowest BCUT2D eigenvalue weighted by atomic mass is 10.1. The zero-order chi connectivity index (χ0) is 18.0. The maximum Gasteiger partial charge on any atom is 0.332 e. The van der Waals surface area contributed by atoms with Crippen LogP contribution in [0.4, 0.5) is 5.82 Å². The van der Waals surface area contributed by atoms with Crippen LogP contribution in [0, 0.1) is 11.3 Å². The van der Waals surface area contributed by atoms with Crippen molar-refractivity contribution in [3.8, 4) is 6.07 Å². The lowest BCUT2D eigenvalue weighted by Gasteiger charge is -2.34. The largest absolute Gasteiger partial charge is 0.356 e. The summed E-state index contributed by atoms with van der Waals surface area (Å²) >= 11 is 0. The Morgan fingerprint density at radius 3 is 2.73 bits per heavy atom. The topological polar surface area (TPSA) is 97.1 Å². The molecule has 2 N–H and O–H groups in total. The van der Waals surface area contributed by atoms with Crippen molar-refractivity contribution in [1.82, 2.24) is 9.13 Å². The van der Waals surface area contributed by atoms with Crippen LogP contribution in [0.2, 0.25) is 0 Å². The second kappa shape index (κ2) is 8.21. The molecular weight excluding hydrogens is 354 g/mol. The monoisotopic (exact) mass is 375 g/mol. The van der Waals surface area contributed by atoms with E-state index in [0.717, 1.165) is 29.5 Å². The number of hydrogen-bond donors (Lipinski definition) is 1. The minimum Gasteiger partial charge on any atom is -0.356 e. The summed E-state index contributed by atoms with van der Waals surface area (Å²) in [4.78, 5) is 26.9. The van der Waals surface area contributed by atoms with E-state index >= 15 is 0 Å². The Bertz CT molecular complexity index is 944. The van der Waals surface area contributed by atoms with Gasteiger partial charge in [0.15, 0.2) is 0 Å². The second-order valence-electron chi connectivity index (χ2n) is 6.39. The number of rotatable bonds is 3. The van der Waals surface area contributed by atoms with Gasteiger partial charge in [0, 0.05) is 32.2 Å². The summed E-state index contributed by atoms with van der Waals surface area (Å²) in [6, 6.07) is 10.8. The number of anilines is 1. The molecule has 26 heavy (non-hydrogen) atoms. The number of nitrogens with zero attached hydrogens (tertiary/aromatic N) is 4. The van der Waals surface area contributed by atoms with E-state index in [4.69, 9.17) is 5.73 Å². The Kier molecular flexibility index (Phi) is 6.24. The molecule has 1 aliphatic rings. The molecule has 138 valence electrons. The molecule has 3 rings (SSSR count). The van der Waals surface area contributed by atoms with Crippen LogP contribution in [0.1, 0.15) is 24.0 Å². The molecule has 0 radical (unpaired) electrons. The minimum atomic E-state index is -0.394. The van der Waals surface area contributed by atoms with Gasteiger partial charge in [-0.05, 0) is 24.5 Å². The molecule has 0 aliphatic carbocycles. The Balaban J connectivity index is 0.00000243. The van der Waals surface area contributed by atoms with Gasteiger partial charge >= 0.3 is 5.69 Å². The third-order valence-electron chi connectivity index (χ3n) is 4.63. The molecule has 0 saturated carbocycles. The molecule has 1 fully saturated rings. The maximum absolute atomic E-state index is 12.7. The third kappa shape index (κ3) is 3.82. The van der Waals surface area contributed by atoms with E-state index in [1.54, 1.807) is 16.7 Å². The highest BCUT2D eigenvalue weighted by Crippen LogP contribution is 2.19. The first kappa shape index (κ1) is 19.8. The van der Waals surface area contributed by atoms with E-state index in [1.807, 2.05) is 17.0 Å². The Labute approximate surface area is 157 Å². The fraction of sp³-hybridized carbons (Fsp3) is 0.389. The zero-order valence-corrected chi connectivity index (χ0v) is 15.4. The smallest absolute Gasteiger partial charge is 0.332 e. The highest BCUT2D eigenvalue weighted by atomic mass is 35.5. The molecule has 1 saturated heterocycles. The van der Waals surface area contributed by atoms with Crippen LogP contribution in [0.25, 0.3) is 0 Å². The summed E-state index contributed by atoms with van der Waals surface area (Å²) in [5.74, 6) is 0.566. The molecule has 1 aliphatic heterocycles. The van der Waals surface area contributed by atoms with Crippen molar-refractivity contribution in [2.24, 2.45) is 12.8 Å². The lowest BCUT2D eigenvalue weighted by Crippen LogP contribution is -2.47. The van der Waals surface area contributed by atoms with Crippen LogP contribution in [-0.4, -0.2) is 28.3 Å². The predicted molar refractivity (Wildman–Crippen MR) is 103 cm³/mol. The number of hydrogen-bond acceptors (Lipinski definition) is 5. The van der Waals surface area contributed by atoms with Crippen LogP contribution in [0.15, 0.2) is 39.9 Å². The SMILES string of the molecule is Cl.Cn1c(=O)cc(N2CCCC(N)C2)n(Cc2ccccc2C#N)c1=O. The molecule has 0 amide bonds. The van der Waals surface area contributed by atoms with Crippen LogP contribution in [0.3, 0.4) is 0 Å². The normalized spacial score (nSPS) is 16.7. The van der Waals surface area contributed by atoms with E-state index < -0.39 is 5.69 Å². The zero-order valence-electron chi connectivity index (χ0n) is 14.6. The Morgan fingerprint density at radius 1 is 1.31 bits per heavy atom. The van der Waals surface area contributed by atoms with Crippen LogP contribution in [0.5, 0.6) is 0 Å². The van der Waals surface area contributed by atoms with E-state index in [9.17, 15) is 14.9 Å². The average Bonchev–Trinajstić information content (AvgIpc) is 2.62. The summed E-state index contributed by atoms with van der Waals surface area (Å²) in [7, 11) is 1.46. The third-order valence-corrected chi connectivity index (χ3v) is 4.63. The molecule has 1 aromatic heterocycles. The van der Waals surface area contributed by atoms with Gasteiger partial charge in [0.25, 0.3) is 5.56 Å². The number of piperidine rings is 1. The highest BCUT2D eigenvalue weighted by Gasteiger charge is 2.22. The predicted octanol–water partition coefficient (Wildman–Crippen LogP) is 0.816. The van der Waals surface area contributed by atoms with Crippen molar-refractivity contribution >= 4 is 18.2 Å². The lowest BCUT2D eigenvalue weighted by molar-refractivity contribution is 0.491. The maximum atomic E-state index is 12.7. The summed E-state index contributed by atoms with van der Waals surface area (Å²) in [5.41, 5.74) is 6.59. The van der Waals surface area contributed by atoms with Crippen LogP contribution in [-0.2, 0) is 13.6 Å². The van der Waals surface area contributed by atoms with Crippen molar-refractivity contribution in [2.45, 2.75) is 25.4 Å². The fourth-order valence-corrected chi connectivity index (χ4v) is 3.22. The average molecular weight is 376 g/mol. The van der Waals surface area contributed by atoms with Gasteiger partial charge in [-0.2, -0.15) is 5.26 Å². The standard InChI is InChI=1S/C18H21N5O2.ClH/c1-21-17(24)9-16(22-8-4-7-15(20)12-22)23(18(21)25)11-14-6-3-2-5-13(14)10-19;/h2-3,5-6,9,15H,4,7-8,11-12,20H2,1H3;1H. The summed E-state index contributed by atoms with van der Waals surface area (Å²) in [5, 5.41) is 9.30. The Morgan fingerprint density at radius 2 is 2.04 bits per heavy atom. The van der Waals surface area contributed by atoms with Gasteiger partial charge in [-0.3, -0.25) is 13.9 Å². The molecule has 1 unspecified atom stereocenters. The molecule has 2 aromatic rings. The number of benzene rings is 1. The molecule has 1 atom stereocenters. The first-order valence-electron chi connectivity index (χ1n) is 8.30. The minimum absolute atomic E-state index is 0. The highest BCUT2D eigenvalue weighted by molar-refractivity contribution is 5.85. The van der Waals surface area contributed by atoms with Crippen LogP contribution < -0.4 is 21.9 Å². The number of halogens is 1. The second-order valence-corrected chi connectivity index (χ2v) is 6.39. The van der Waals surface area contributed by atoms with Crippen molar-refractivity contribution in [3.05, 3.63) is 62.3 Å². The van der Waals surface area contributed by atoms with Gasteiger partial charge in [0.05, 0.1) is 18.2 Å². The van der Waals surface area contributed by atoms with Crippen molar-refractivity contribution in [2.75, 3.05) is 18.0 Å². The number of aromatic nitrogens is 2. The molecule has 2 heterocycles. The van der Waals surface area contributed by atoms with Crippen molar-refractivity contribution in [3.63, 3.8) is 0 Å². The van der Waals surface area contributed by atoms with Crippen molar-refractivity contribution < 1.29 is 0 Å². The number of nitriles is 1. The first-order valence-corrected chi connectivity index (χ1v) is 8.30. The van der Waals surface area contributed by atoms with Gasteiger partial charge in [-0.25, -0.2) is 4.79 Å². The van der Waals surface area contributed by atoms with Crippen LogP contribution >= 0.6 is 12.4 Å². The van der Waals surface area contributed by atoms with E-state index in [0.29, 0.717) is 17.9 Å². The summed E-state index contributed by atoms with van der Waals surface area (Å²) in [6.07, 6.45) is 1.85.